The first-order valence-corrected chi connectivity index (χ1v) is 6.45. The molecule has 0 saturated carbocycles. The molecule has 112 valence electrons. The molecule has 0 aromatic rings. The van der Waals surface area contributed by atoms with E-state index >= 15 is 0 Å². The Bertz CT molecular complexity index is 173. The normalized spacial score (nSPS) is 18.9. The molecule has 0 spiro atoms. The third-order valence-electron chi connectivity index (χ3n) is 2.65. The second kappa shape index (κ2) is 17.4. The summed E-state index contributed by atoms with van der Waals surface area (Å²) in [6, 6.07) is 0. The van der Waals surface area contributed by atoms with Crippen LogP contribution < -0.4 is 21.2 Å². The lowest BCUT2D eigenvalue weighted by molar-refractivity contribution is -0.557. The Morgan fingerprint density at radius 2 is 1.33 bits per heavy atom. The van der Waals surface area contributed by atoms with Crippen molar-refractivity contribution in [3.8, 4) is 0 Å². The molecule has 0 amide bonds. The van der Waals surface area contributed by atoms with Crippen LogP contribution in [0.5, 0.6) is 0 Å². The van der Waals surface area contributed by atoms with Crippen LogP contribution in [0.15, 0.2) is 0 Å². The highest BCUT2D eigenvalue weighted by Gasteiger charge is 2.12. The van der Waals surface area contributed by atoms with Crippen LogP contribution in [-0.2, 0) is 0 Å². The first kappa shape index (κ1) is 23.5. The first-order chi connectivity index (χ1) is 7.79. The average molecular weight is 395 g/mol. The van der Waals surface area contributed by atoms with E-state index in [2.05, 4.69) is 0 Å². The predicted octanol–water partition coefficient (Wildman–Crippen LogP) is -2.35. The van der Waals surface area contributed by atoms with E-state index in [1.807, 2.05) is 0 Å². The van der Waals surface area contributed by atoms with E-state index in [9.17, 15) is 4.91 Å². The van der Waals surface area contributed by atoms with Crippen LogP contribution in [0, 0.1) is 4.91 Å². The molecule has 0 bridgehead atoms. The van der Waals surface area contributed by atoms with Crippen LogP contribution in [0.4, 0.5) is 0 Å². The fraction of sp³-hybridized carbons (Fsp3) is 1.00. The number of hydrogen-bond acceptors (Lipinski definition) is 4. The molecule has 2 heterocycles. The Balaban J connectivity index is -0.000000200. The van der Waals surface area contributed by atoms with Gasteiger partial charge in [0.2, 0.25) is 0 Å². The third kappa shape index (κ3) is 14.5. The van der Waals surface area contributed by atoms with E-state index in [0.717, 1.165) is 56.6 Å². The first-order valence-electron chi connectivity index (χ1n) is 5.80. The highest BCUT2D eigenvalue weighted by atomic mass is 79.9. The fourth-order valence-electron chi connectivity index (χ4n) is 1.74. The van der Waals surface area contributed by atoms with Gasteiger partial charge in [-0.25, -0.2) is 16.3 Å². The summed E-state index contributed by atoms with van der Waals surface area (Å²) in [7, 11) is 0. The van der Waals surface area contributed by atoms with Gasteiger partial charge in [-0.15, -0.1) is 0 Å². The Labute approximate surface area is 127 Å². The number of piperidine rings is 2. The number of rotatable bonds is 0. The van der Waals surface area contributed by atoms with Gasteiger partial charge in [0, 0.05) is 30.8 Å². The molecule has 6 nitrogen and oxygen atoms in total. The van der Waals surface area contributed by atoms with Gasteiger partial charge in [-0.3, -0.25) is 0 Å². The van der Waals surface area contributed by atoms with Crippen LogP contribution in [0.1, 0.15) is 38.5 Å². The standard InChI is InChI=1S/C5H11NO.C5H10NO.BrO.BrH.H2O/c2*7-6-4-2-1-3-5-6;1-2;;/h7H,1-5H2;1-5H2;;1H;1H2/q;+1;-1;;/p-1. The lowest BCUT2D eigenvalue weighted by Crippen LogP contribution is -3.00. The van der Waals surface area contributed by atoms with Crippen molar-refractivity contribution in [2.24, 2.45) is 0 Å². The van der Waals surface area contributed by atoms with Gasteiger partial charge in [0.1, 0.15) is 0 Å². The van der Waals surface area contributed by atoms with Crippen molar-refractivity contribution in [3.05, 3.63) is 4.91 Å². The number of halogens is 2. The predicted molar refractivity (Wildman–Crippen MR) is 67.0 cm³/mol. The summed E-state index contributed by atoms with van der Waals surface area (Å²) >= 11 is 1.69. The highest BCUT2D eigenvalue weighted by molar-refractivity contribution is 9.04. The number of hydrogen-bond donors (Lipinski definition) is 1. The molecule has 2 fully saturated rings. The van der Waals surface area contributed by atoms with Gasteiger partial charge in [0.25, 0.3) is 0 Å². The summed E-state index contributed by atoms with van der Waals surface area (Å²) in [5, 5.41) is 10.1. The number of hydroxylamine groups is 2. The molecule has 3 N–H and O–H groups in total. The van der Waals surface area contributed by atoms with Crippen LogP contribution in [0.2, 0.25) is 0 Å². The minimum Gasteiger partial charge on any atom is -1.00 e. The van der Waals surface area contributed by atoms with Crippen molar-refractivity contribution in [1.29, 1.82) is 0 Å². The van der Waals surface area contributed by atoms with Crippen LogP contribution in [0.25, 0.3) is 0 Å². The molecule has 2 aliphatic heterocycles. The van der Waals surface area contributed by atoms with E-state index in [1.54, 1.807) is 16.3 Å². The summed E-state index contributed by atoms with van der Waals surface area (Å²) < 4.78 is 9.20. The van der Waals surface area contributed by atoms with Gasteiger partial charge >= 0.3 is 0 Å². The van der Waals surface area contributed by atoms with Gasteiger partial charge in [-0.05, 0) is 24.0 Å². The molecule has 0 aromatic heterocycles. The van der Waals surface area contributed by atoms with E-state index < -0.39 is 0 Å². The molecule has 18 heavy (non-hydrogen) atoms. The molecule has 0 aromatic carbocycles. The quantitative estimate of drug-likeness (QED) is 0.465. The maximum Gasteiger partial charge on any atom is 0.192 e. The molecular weight excluding hydrogens is 372 g/mol. The van der Waals surface area contributed by atoms with Gasteiger partial charge < -0.3 is 31.9 Å². The van der Waals surface area contributed by atoms with Crippen molar-refractivity contribution in [3.63, 3.8) is 0 Å². The second-order valence-corrected chi connectivity index (χ2v) is 4.00. The van der Waals surface area contributed by atoms with Crippen molar-refractivity contribution in [2.45, 2.75) is 38.5 Å². The van der Waals surface area contributed by atoms with Gasteiger partial charge in [-0.2, -0.15) is 5.06 Å². The van der Waals surface area contributed by atoms with Crippen molar-refractivity contribution in [2.75, 3.05) is 26.2 Å². The third-order valence-corrected chi connectivity index (χ3v) is 2.65. The largest absolute Gasteiger partial charge is 1.00 e. The summed E-state index contributed by atoms with van der Waals surface area (Å²) in [6.45, 7) is 3.28. The molecule has 0 radical (unpaired) electrons. The van der Waals surface area contributed by atoms with Gasteiger partial charge in [0.05, 0.1) is 0 Å². The molecule has 2 aliphatic rings. The fourth-order valence-corrected chi connectivity index (χ4v) is 1.74. The maximum atomic E-state index is 10.4. The number of nitrogens with zero attached hydrogens (tertiary/aromatic N) is 2. The van der Waals surface area contributed by atoms with E-state index in [4.69, 9.17) is 9.41 Å². The van der Waals surface area contributed by atoms with E-state index in [0.29, 0.717) is 0 Å². The van der Waals surface area contributed by atoms with Crippen molar-refractivity contribution in [1.82, 2.24) is 5.06 Å². The molecular formula is C10H23Br2N2O4-. The molecule has 0 atom stereocenters. The summed E-state index contributed by atoms with van der Waals surface area (Å²) in [6.07, 6.45) is 7.07. The molecule has 8 heteroatoms. The molecule has 2 rings (SSSR count). The zero-order valence-electron chi connectivity index (χ0n) is 10.5. The lowest BCUT2D eigenvalue weighted by Gasteiger charge is -2.18. The lowest BCUT2D eigenvalue weighted by atomic mass is 10.2. The summed E-state index contributed by atoms with van der Waals surface area (Å²) in [4.78, 5) is 10.4. The Kier molecular flexibility index (Phi) is 22.7. The zero-order valence-corrected chi connectivity index (χ0v) is 13.7. The minimum atomic E-state index is 0. The average Bonchev–Trinajstić information content (AvgIpc) is 2.34. The van der Waals surface area contributed by atoms with E-state index in [-0.39, 0.29) is 22.5 Å². The van der Waals surface area contributed by atoms with Gasteiger partial charge in [-0.1, -0.05) is 6.42 Å². The van der Waals surface area contributed by atoms with Crippen LogP contribution in [0.3, 0.4) is 0 Å². The van der Waals surface area contributed by atoms with Crippen LogP contribution in [-0.4, -0.2) is 46.7 Å². The molecule has 2 saturated heterocycles. The minimum absolute atomic E-state index is 0. The SMILES string of the molecule is O.O=[N+]1CCCCC1.ON1CCCCC1.[Br-].[O-]Br. The summed E-state index contributed by atoms with van der Waals surface area (Å²) in [5.41, 5.74) is 0. The topological polar surface area (TPSA) is 98.1 Å². The van der Waals surface area contributed by atoms with E-state index in [1.165, 1.54) is 17.9 Å². The zero-order chi connectivity index (χ0) is 12.2. The second-order valence-electron chi connectivity index (χ2n) is 4.00. The highest BCUT2D eigenvalue weighted by Crippen LogP contribution is 2.04. The summed E-state index contributed by atoms with van der Waals surface area (Å²) in [5.74, 6) is 0. The monoisotopic (exact) mass is 393 g/mol. The number of nitroso groups, excluding NO2 is 1. The maximum absolute atomic E-state index is 10.4. The molecule has 0 unspecified atom stereocenters. The van der Waals surface area contributed by atoms with Crippen molar-refractivity contribution < 1.29 is 36.6 Å². The molecule has 0 aliphatic carbocycles. The Hall–Kier alpha value is 0.400. The smallest absolute Gasteiger partial charge is 0.192 e. The Morgan fingerprint density at radius 3 is 1.56 bits per heavy atom. The van der Waals surface area contributed by atoms with Crippen LogP contribution >= 0.6 is 16.3 Å². The van der Waals surface area contributed by atoms with Crippen molar-refractivity contribution >= 4 is 16.3 Å². The van der Waals surface area contributed by atoms with Gasteiger partial charge in [0.15, 0.2) is 13.1 Å². The Morgan fingerprint density at radius 1 is 0.944 bits per heavy atom.